The number of hydrogen-bond acceptors (Lipinski definition) is 4. The largest absolute Gasteiger partial charge is 0.313 e. The van der Waals surface area contributed by atoms with E-state index in [-0.39, 0.29) is 0 Å². The first-order chi connectivity index (χ1) is 7.40. The molecule has 0 amide bonds. The molecule has 0 saturated heterocycles. The number of nitrogens with one attached hydrogen (secondary N) is 1. The van der Waals surface area contributed by atoms with E-state index in [1.807, 2.05) is 24.5 Å². The zero-order valence-electron chi connectivity index (χ0n) is 8.59. The van der Waals surface area contributed by atoms with E-state index in [0.717, 1.165) is 24.5 Å². The van der Waals surface area contributed by atoms with Crippen molar-refractivity contribution in [1.82, 2.24) is 25.3 Å². The predicted octanol–water partition coefficient (Wildman–Crippen LogP) is 0.772. The van der Waals surface area contributed by atoms with Crippen LogP contribution in [0.3, 0.4) is 0 Å². The van der Waals surface area contributed by atoms with Gasteiger partial charge in [-0.3, -0.25) is 0 Å². The number of aromatic nitrogens is 4. The number of nitrogens with zero attached hydrogens (tertiary/aromatic N) is 4. The predicted molar refractivity (Wildman–Crippen MR) is 56.5 cm³/mol. The van der Waals surface area contributed by atoms with Gasteiger partial charge in [-0.05, 0) is 18.7 Å². The molecule has 15 heavy (non-hydrogen) atoms. The van der Waals surface area contributed by atoms with Gasteiger partial charge in [-0.2, -0.15) is 10.2 Å². The molecule has 0 fully saturated rings. The third kappa shape index (κ3) is 2.38. The highest BCUT2D eigenvalue weighted by molar-refractivity contribution is 5.20. The summed E-state index contributed by atoms with van der Waals surface area (Å²) in [7, 11) is 0. The van der Waals surface area contributed by atoms with E-state index >= 15 is 0 Å². The smallest absolute Gasteiger partial charge is 0.175 e. The molecule has 0 atom stereocenters. The maximum absolute atomic E-state index is 4.21. The molecule has 0 spiro atoms. The molecule has 2 aromatic rings. The highest BCUT2D eigenvalue weighted by atomic mass is 15.3. The summed E-state index contributed by atoms with van der Waals surface area (Å²) >= 11 is 0. The van der Waals surface area contributed by atoms with E-state index in [1.54, 1.807) is 10.9 Å². The van der Waals surface area contributed by atoms with Gasteiger partial charge in [-0.15, -0.1) is 5.10 Å². The Morgan fingerprint density at radius 1 is 1.47 bits per heavy atom. The van der Waals surface area contributed by atoms with Crippen molar-refractivity contribution in [2.45, 2.75) is 13.5 Å². The van der Waals surface area contributed by atoms with Crippen LogP contribution in [0, 0.1) is 0 Å². The molecule has 0 aliphatic carbocycles. The topological polar surface area (TPSA) is 55.6 Å². The van der Waals surface area contributed by atoms with E-state index in [2.05, 4.69) is 27.5 Å². The summed E-state index contributed by atoms with van der Waals surface area (Å²) in [5.74, 6) is 0.736. The van der Waals surface area contributed by atoms with Crippen LogP contribution in [0.4, 0.5) is 0 Å². The quantitative estimate of drug-likeness (QED) is 0.797. The Labute approximate surface area is 88.1 Å². The Bertz CT molecular complexity index is 409. The van der Waals surface area contributed by atoms with Gasteiger partial charge in [-0.1, -0.05) is 6.92 Å². The number of hydrogen-bond donors (Lipinski definition) is 1. The number of rotatable bonds is 4. The van der Waals surface area contributed by atoms with Crippen molar-refractivity contribution in [3.8, 4) is 5.82 Å². The Balaban J connectivity index is 2.14. The second-order valence-corrected chi connectivity index (χ2v) is 3.16. The second kappa shape index (κ2) is 4.65. The van der Waals surface area contributed by atoms with Crippen molar-refractivity contribution in [3.05, 3.63) is 36.3 Å². The van der Waals surface area contributed by atoms with Crippen LogP contribution >= 0.6 is 0 Å². The zero-order chi connectivity index (χ0) is 10.5. The summed E-state index contributed by atoms with van der Waals surface area (Å²) < 4.78 is 1.72. The molecule has 5 heteroatoms. The maximum Gasteiger partial charge on any atom is 0.175 e. The van der Waals surface area contributed by atoms with Gasteiger partial charge in [0.05, 0.1) is 6.20 Å². The highest BCUT2D eigenvalue weighted by Gasteiger charge is 2.00. The monoisotopic (exact) mass is 203 g/mol. The SMILES string of the molecule is CCNCc1cnn(-c2cccnn2)c1. The van der Waals surface area contributed by atoms with Gasteiger partial charge in [0.2, 0.25) is 0 Å². The fraction of sp³-hybridized carbons (Fsp3) is 0.300. The minimum Gasteiger partial charge on any atom is -0.313 e. The van der Waals surface area contributed by atoms with Crippen molar-refractivity contribution in [1.29, 1.82) is 0 Å². The van der Waals surface area contributed by atoms with Crippen LogP contribution < -0.4 is 5.32 Å². The van der Waals surface area contributed by atoms with Crippen molar-refractivity contribution in [2.75, 3.05) is 6.54 Å². The van der Waals surface area contributed by atoms with Crippen molar-refractivity contribution in [3.63, 3.8) is 0 Å². The molecule has 2 heterocycles. The van der Waals surface area contributed by atoms with E-state index in [9.17, 15) is 0 Å². The van der Waals surface area contributed by atoms with Crippen molar-refractivity contribution in [2.24, 2.45) is 0 Å². The van der Waals surface area contributed by atoms with Gasteiger partial charge in [0, 0.05) is 24.5 Å². The molecule has 2 rings (SSSR count). The molecule has 78 valence electrons. The molecular formula is C10H13N5. The summed E-state index contributed by atoms with van der Waals surface area (Å²) in [4.78, 5) is 0. The fourth-order valence-electron chi connectivity index (χ4n) is 1.26. The van der Waals surface area contributed by atoms with Gasteiger partial charge in [0.1, 0.15) is 0 Å². The van der Waals surface area contributed by atoms with Gasteiger partial charge in [-0.25, -0.2) is 4.68 Å². The summed E-state index contributed by atoms with van der Waals surface area (Å²) in [6, 6.07) is 3.71. The Kier molecular flexibility index (Phi) is 3.04. The third-order valence-electron chi connectivity index (χ3n) is 2.01. The second-order valence-electron chi connectivity index (χ2n) is 3.16. The lowest BCUT2D eigenvalue weighted by molar-refractivity contribution is 0.726. The van der Waals surface area contributed by atoms with Crippen LogP contribution in [0.2, 0.25) is 0 Å². The van der Waals surface area contributed by atoms with Gasteiger partial charge in [0.25, 0.3) is 0 Å². The van der Waals surface area contributed by atoms with Gasteiger partial charge < -0.3 is 5.32 Å². The minimum absolute atomic E-state index is 0.736. The van der Waals surface area contributed by atoms with Crippen LogP contribution in [0.15, 0.2) is 30.7 Å². The summed E-state index contributed by atoms with van der Waals surface area (Å²) in [6.07, 6.45) is 5.43. The standard InChI is InChI=1S/C10H13N5/c1-2-11-6-9-7-13-15(8-9)10-4-3-5-12-14-10/h3-5,7-8,11H,2,6H2,1H3. The van der Waals surface area contributed by atoms with Crippen LogP contribution in [0.25, 0.3) is 5.82 Å². The molecular weight excluding hydrogens is 190 g/mol. The molecule has 5 nitrogen and oxygen atoms in total. The molecule has 0 aromatic carbocycles. The molecule has 2 aromatic heterocycles. The minimum atomic E-state index is 0.736. The molecule has 0 saturated carbocycles. The normalized spacial score (nSPS) is 10.5. The maximum atomic E-state index is 4.21. The Morgan fingerprint density at radius 3 is 3.13 bits per heavy atom. The summed E-state index contributed by atoms with van der Waals surface area (Å²) in [6.45, 7) is 3.86. The van der Waals surface area contributed by atoms with Crippen molar-refractivity contribution < 1.29 is 0 Å². The molecule has 0 aliphatic heterocycles. The average Bonchev–Trinajstić information content (AvgIpc) is 2.76. The van der Waals surface area contributed by atoms with E-state index < -0.39 is 0 Å². The first-order valence-corrected chi connectivity index (χ1v) is 4.92. The first-order valence-electron chi connectivity index (χ1n) is 4.92. The van der Waals surface area contributed by atoms with Crippen LogP contribution in [0.5, 0.6) is 0 Å². The average molecular weight is 203 g/mol. The first kappa shape index (κ1) is 9.79. The zero-order valence-corrected chi connectivity index (χ0v) is 8.59. The molecule has 0 unspecified atom stereocenters. The third-order valence-corrected chi connectivity index (χ3v) is 2.01. The summed E-state index contributed by atoms with van der Waals surface area (Å²) in [5.41, 5.74) is 1.14. The van der Waals surface area contributed by atoms with Crippen LogP contribution in [-0.2, 0) is 6.54 Å². The summed E-state index contributed by atoms with van der Waals surface area (Å²) in [5, 5.41) is 15.2. The lowest BCUT2D eigenvalue weighted by Crippen LogP contribution is -2.11. The Hall–Kier alpha value is -1.75. The van der Waals surface area contributed by atoms with Gasteiger partial charge >= 0.3 is 0 Å². The van der Waals surface area contributed by atoms with E-state index in [1.165, 1.54) is 0 Å². The van der Waals surface area contributed by atoms with E-state index in [4.69, 9.17) is 0 Å². The van der Waals surface area contributed by atoms with Crippen LogP contribution in [0.1, 0.15) is 12.5 Å². The Morgan fingerprint density at radius 2 is 2.40 bits per heavy atom. The lowest BCUT2D eigenvalue weighted by Gasteiger charge is -1.97. The lowest BCUT2D eigenvalue weighted by atomic mass is 10.3. The molecule has 0 aliphatic rings. The van der Waals surface area contributed by atoms with Crippen LogP contribution in [-0.4, -0.2) is 26.5 Å². The molecule has 0 bridgehead atoms. The van der Waals surface area contributed by atoms with E-state index in [0.29, 0.717) is 0 Å². The van der Waals surface area contributed by atoms with Gasteiger partial charge in [0.15, 0.2) is 5.82 Å². The molecule has 1 N–H and O–H groups in total. The highest BCUT2D eigenvalue weighted by Crippen LogP contribution is 2.03. The van der Waals surface area contributed by atoms with Crippen molar-refractivity contribution >= 4 is 0 Å². The molecule has 0 radical (unpaired) electrons. The fourth-order valence-corrected chi connectivity index (χ4v) is 1.26.